The Morgan fingerprint density at radius 3 is 2.50 bits per heavy atom. The van der Waals surface area contributed by atoms with Crippen LogP contribution in [0.2, 0.25) is 0 Å². The normalized spacial score (nSPS) is 10.8. The lowest BCUT2D eigenvalue weighted by atomic mass is 10.2. The topological polar surface area (TPSA) is 70.0 Å². The van der Waals surface area contributed by atoms with E-state index in [1.807, 2.05) is 19.1 Å². The highest BCUT2D eigenvalue weighted by Gasteiger charge is 2.16. The molecule has 0 saturated heterocycles. The van der Waals surface area contributed by atoms with E-state index in [1.165, 1.54) is 6.07 Å². The molecule has 0 aromatic heterocycles. The number of nitrogens with one attached hydrogen (secondary N) is 1. The zero-order valence-electron chi connectivity index (χ0n) is 11.2. The van der Waals surface area contributed by atoms with E-state index in [0.29, 0.717) is 16.8 Å². The van der Waals surface area contributed by atoms with Crippen LogP contribution in [-0.2, 0) is 10.0 Å². The molecule has 0 radical (unpaired) electrons. The van der Waals surface area contributed by atoms with E-state index in [0.717, 1.165) is 5.56 Å². The highest BCUT2D eigenvalue weighted by atomic mass is 32.2. The Bertz CT molecular complexity index is 790. The number of hydrogen-bond donors (Lipinski definition) is 1. The summed E-state index contributed by atoms with van der Waals surface area (Å²) in [7, 11) is -3.65. The van der Waals surface area contributed by atoms with Gasteiger partial charge in [-0.05, 0) is 43.7 Å². The van der Waals surface area contributed by atoms with Crippen molar-refractivity contribution in [1.29, 1.82) is 5.26 Å². The van der Waals surface area contributed by atoms with E-state index in [-0.39, 0.29) is 4.90 Å². The van der Waals surface area contributed by atoms with Gasteiger partial charge < -0.3 is 0 Å². The maximum atomic E-state index is 12.3. The summed E-state index contributed by atoms with van der Waals surface area (Å²) in [5.41, 5.74) is 2.48. The number of nitrogens with zero attached hydrogens (tertiary/aromatic N) is 1. The molecule has 0 amide bonds. The molecule has 0 saturated carbocycles. The molecule has 0 bridgehead atoms. The van der Waals surface area contributed by atoms with E-state index in [4.69, 9.17) is 5.26 Å². The van der Waals surface area contributed by atoms with Crippen molar-refractivity contribution in [1.82, 2.24) is 0 Å². The molecule has 2 aromatic carbocycles. The van der Waals surface area contributed by atoms with E-state index < -0.39 is 10.0 Å². The van der Waals surface area contributed by atoms with Crippen molar-refractivity contribution in [3.05, 3.63) is 59.2 Å². The zero-order chi connectivity index (χ0) is 14.8. The lowest BCUT2D eigenvalue weighted by Gasteiger charge is -2.11. The summed E-state index contributed by atoms with van der Waals surface area (Å²) >= 11 is 0. The highest BCUT2D eigenvalue weighted by Crippen LogP contribution is 2.20. The molecule has 102 valence electrons. The number of anilines is 1. The summed E-state index contributed by atoms with van der Waals surface area (Å²) in [6, 6.07) is 13.5. The van der Waals surface area contributed by atoms with Crippen LogP contribution in [0.15, 0.2) is 47.4 Å². The number of rotatable bonds is 3. The maximum Gasteiger partial charge on any atom is 0.262 e. The number of hydrogen-bond acceptors (Lipinski definition) is 3. The van der Waals surface area contributed by atoms with E-state index in [9.17, 15) is 8.42 Å². The lowest BCUT2D eigenvalue weighted by Crippen LogP contribution is -2.14. The van der Waals surface area contributed by atoms with Crippen molar-refractivity contribution in [3.8, 4) is 6.07 Å². The first kappa shape index (κ1) is 14.1. The Hall–Kier alpha value is -2.32. The Balaban J connectivity index is 2.38. The van der Waals surface area contributed by atoms with Crippen LogP contribution in [0.25, 0.3) is 0 Å². The summed E-state index contributed by atoms with van der Waals surface area (Å²) < 4.78 is 27.2. The first-order chi connectivity index (χ1) is 9.42. The largest absolute Gasteiger partial charge is 0.280 e. The molecule has 0 unspecified atom stereocenters. The molecule has 2 rings (SSSR count). The van der Waals surface area contributed by atoms with Crippen LogP contribution in [0, 0.1) is 25.2 Å². The van der Waals surface area contributed by atoms with Gasteiger partial charge in [0.25, 0.3) is 10.0 Å². The third-order valence-electron chi connectivity index (χ3n) is 2.86. The SMILES string of the molecule is Cc1ccc(S(=O)(=O)Nc2cccc(C#N)c2)c(C)c1. The molecule has 0 atom stereocenters. The van der Waals surface area contributed by atoms with Crippen LogP contribution in [0.5, 0.6) is 0 Å². The summed E-state index contributed by atoms with van der Waals surface area (Å²) in [6.45, 7) is 3.67. The molecule has 0 aliphatic heterocycles. The molecule has 0 heterocycles. The van der Waals surface area contributed by atoms with Gasteiger partial charge in [-0.1, -0.05) is 23.8 Å². The molecule has 0 aliphatic rings. The van der Waals surface area contributed by atoms with Crippen LogP contribution < -0.4 is 4.72 Å². The van der Waals surface area contributed by atoms with Crippen LogP contribution in [0.4, 0.5) is 5.69 Å². The third-order valence-corrected chi connectivity index (χ3v) is 4.41. The van der Waals surface area contributed by atoms with Gasteiger partial charge >= 0.3 is 0 Å². The van der Waals surface area contributed by atoms with Gasteiger partial charge in [0.1, 0.15) is 0 Å². The Morgan fingerprint density at radius 1 is 1.10 bits per heavy atom. The average molecular weight is 286 g/mol. The third kappa shape index (κ3) is 2.98. The summed E-state index contributed by atoms with van der Waals surface area (Å²) in [6.07, 6.45) is 0. The van der Waals surface area contributed by atoms with Crippen LogP contribution >= 0.6 is 0 Å². The summed E-state index contributed by atoms with van der Waals surface area (Å²) in [4.78, 5) is 0.241. The quantitative estimate of drug-likeness (QED) is 0.943. The zero-order valence-corrected chi connectivity index (χ0v) is 12.0. The van der Waals surface area contributed by atoms with Crippen molar-refractivity contribution >= 4 is 15.7 Å². The van der Waals surface area contributed by atoms with E-state index >= 15 is 0 Å². The molecule has 0 fully saturated rings. The molecular weight excluding hydrogens is 272 g/mol. The van der Waals surface area contributed by atoms with E-state index in [2.05, 4.69) is 4.72 Å². The van der Waals surface area contributed by atoms with E-state index in [1.54, 1.807) is 37.3 Å². The molecule has 1 N–H and O–H groups in total. The van der Waals surface area contributed by atoms with Crippen molar-refractivity contribution in [2.45, 2.75) is 18.7 Å². The number of benzene rings is 2. The van der Waals surface area contributed by atoms with Gasteiger partial charge in [0.2, 0.25) is 0 Å². The highest BCUT2D eigenvalue weighted by molar-refractivity contribution is 7.92. The lowest BCUT2D eigenvalue weighted by molar-refractivity contribution is 0.600. The van der Waals surface area contributed by atoms with Gasteiger partial charge in [0.15, 0.2) is 0 Å². The molecule has 5 heteroatoms. The second-order valence-corrected chi connectivity index (χ2v) is 6.22. The standard InChI is InChI=1S/C15H14N2O2S/c1-11-6-7-15(12(2)8-11)20(18,19)17-14-5-3-4-13(9-14)10-16/h3-9,17H,1-2H3. The minimum atomic E-state index is -3.65. The van der Waals surface area contributed by atoms with Crippen molar-refractivity contribution < 1.29 is 8.42 Å². The van der Waals surface area contributed by atoms with Crippen LogP contribution in [0.3, 0.4) is 0 Å². The van der Waals surface area contributed by atoms with Crippen molar-refractivity contribution in [2.75, 3.05) is 4.72 Å². The van der Waals surface area contributed by atoms with Gasteiger partial charge in [0.05, 0.1) is 22.2 Å². The Morgan fingerprint density at radius 2 is 1.85 bits per heavy atom. The average Bonchev–Trinajstić information content (AvgIpc) is 2.37. The second kappa shape index (κ2) is 5.35. The Labute approximate surface area is 118 Å². The molecule has 0 spiro atoms. The van der Waals surface area contributed by atoms with Crippen LogP contribution in [-0.4, -0.2) is 8.42 Å². The fourth-order valence-electron chi connectivity index (χ4n) is 1.96. The molecule has 4 nitrogen and oxygen atoms in total. The molecular formula is C15H14N2O2S. The van der Waals surface area contributed by atoms with Crippen molar-refractivity contribution in [3.63, 3.8) is 0 Å². The monoisotopic (exact) mass is 286 g/mol. The van der Waals surface area contributed by atoms with Gasteiger partial charge in [0, 0.05) is 0 Å². The van der Waals surface area contributed by atoms with Crippen molar-refractivity contribution in [2.24, 2.45) is 0 Å². The first-order valence-electron chi connectivity index (χ1n) is 6.02. The fourth-order valence-corrected chi connectivity index (χ4v) is 3.24. The predicted octanol–water partition coefficient (Wildman–Crippen LogP) is 2.98. The summed E-state index contributed by atoms with van der Waals surface area (Å²) in [5, 5.41) is 8.82. The minimum absolute atomic E-state index is 0.241. The smallest absolute Gasteiger partial charge is 0.262 e. The number of nitriles is 1. The predicted molar refractivity (Wildman–Crippen MR) is 77.9 cm³/mol. The summed E-state index contributed by atoms with van der Waals surface area (Å²) in [5.74, 6) is 0. The molecule has 0 aliphatic carbocycles. The minimum Gasteiger partial charge on any atom is -0.280 e. The Kier molecular flexibility index (Phi) is 3.77. The van der Waals surface area contributed by atoms with Gasteiger partial charge in [-0.25, -0.2) is 8.42 Å². The molecule has 20 heavy (non-hydrogen) atoms. The van der Waals surface area contributed by atoms with Gasteiger partial charge in [-0.2, -0.15) is 5.26 Å². The number of aryl methyl sites for hydroxylation is 2. The number of sulfonamides is 1. The van der Waals surface area contributed by atoms with Gasteiger partial charge in [-0.3, -0.25) is 4.72 Å². The fraction of sp³-hybridized carbons (Fsp3) is 0.133. The first-order valence-corrected chi connectivity index (χ1v) is 7.51. The second-order valence-electron chi connectivity index (χ2n) is 4.57. The molecule has 2 aromatic rings. The van der Waals surface area contributed by atoms with Crippen LogP contribution in [0.1, 0.15) is 16.7 Å². The van der Waals surface area contributed by atoms with Gasteiger partial charge in [-0.15, -0.1) is 0 Å². The maximum absolute atomic E-state index is 12.3.